The van der Waals surface area contributed by atoms with Crippen molar-refractivity contribution in [3.05, 3.63) is 24.0 Å². The second kappa shape index (κ2) is 9.48. The molecule has 1 heterocycles. The van der Waals surface area contributed by atoms with E-state index >= 15 is 0 Å². The predicted molar refractivity (Wildman–Crippen MR) is 99.2 cm³/mol. The van der Waals surface area contributed by atoms with Gasteiger partial charge in [0, 0.05) is 12.2 Å². The molecule has 0 bridgehead atoms. The first-order chi connectivity index (χ1) is 12.8. The minimum absolute atomic E-state index is 0.0258. The molecule has 148 valence electrons. The van der Waals surface area contributed by atoms with Gasteiger partial charge in [-0.15, -0.1) is 0 Å². The molecule has 27 heavy (non-hydrogen) atoms. The number of aromatic nitrogens is 1. The largest absolute Gasteiger partial charge is 0.462 e. The zero-order valence-electron chi connectivity index (χ0n) is 16.4. The molecule has 0 saturated heterocycles. The molecule has 0 aromatic carbocycles. The summed E-state index contributed by atoms with van der Waals surface area (Å²) in [6.45, 7) is 7.07. The summed E-state index contributed by atoms with van der Waals surface area (Å²) in [5.74, 6) is -1.25. The second-order valence-electron chi connectivity index (χ2n) is 7.46. The first-order valence-corrected chi connectivity index (χ1v) is 9.46. The number of nitrogens with one attached hydrogen (secondary N) is 1. The van der Waals surface area contributed by atoms with E-state index in [1.165, 1.54) is 6.20 Å². The Balaban J connectivity index is 1.91. The fraction of sp³-hybridized carbons (Fsp3) is 0.600. The van der Waals surface area contributed by atoms with Crippen molar-refractivity contribution in [3.8, 4) is 5.75 Å². The topological polar surface area (TPSA) is 94.6 Å². The summed E-state index contributed by atoms with van der Waals surface area (Å²) in [5.41, 5.74) is 0.0971. The second-order valence-corrected chi connectivity index (χ2v) is 7.46. The number of hydrogen-bond donors (Lipinski definition) is 1. The van der Waals surface area contributed by atoms with Gasteiger partial charge in [0.2, 0.25) is 0 Å². The third-order valence-corrected chi connectivity index (χ3v) is 4.43. The molecule has 0 spiro atoms. The Hall–Kier alpha value is -2.44. The normalized spacial score (nSPS) is 19.6. The lowest BCUT2D eigenvalue weighted by molar-refractivity contribution is -0.154. The average Bonchev–Trinajstić information content (AvgIpc) is 2.63. The molecule has 1 N–H and O–H groups in total. The third-order valence-electron chi connectivity index (χ3n) is 4.43. The van der Waals surface area contributed by atoms with Crippen molar-refractivity contribution < 1.29 is 23.9 Å². The SMILES string of the molecule is CC(C)C(=O)Oc1cccnc1C(=O)NC1CCC(OC(=O)C(C)C)CC1. The molecule has 0 unspecified atom stereocenters. The summed E-state index contributed by atoms with van der Waals surface area (Å²) >= 11 is 0. The van der Waals surface area contributed by atoms with Gasteiger partial charge >= 0.3 is 11.9 Å². The molecule has 7 nitrogen and oxygen atoms in total. The van der Waals surface area contributed by atoms with Crippen LogP contribution in [0.15, 0.2) is 18.3 Å². The molecule has 1 fully saturated rings. The molecule has 1 saturated carbocycles. The number of amides is 1. The van der Waals surface area contributed by atoms with Crippen LogP contribution in [-0.2, 0) is 14.3 Å². The highest BCUT2D eigenvalue weighted by Gasteiger charge is 2.27. The van der Waals surface area contributed by atoms with Crippen LogP contribution in [0.4, 0.5) is 0 Å². The molecule has 2 rings (SSSR count). The van der Waals surface area contributed by atoms with E-state index in [9.17, 15) is 14.4 Å². The van der Waals surface area contributed by atoms with E-state index in [1.807, 2.05) is 13.8 Å². The summed E-state index contributed by atoms with van der Waals surface area (Å²) in [6.07, 6.45) is 4.25. The Morgan fingerprint density at radius 2 is 1.67 bits per heavy atom. The van der Waals surface area contributed by atoms with Crippen molar-refractivity contribution in [2.24, 2.45) is 11.8 Å². The molecule has 7 heteroatoms. The number of ether oxygens (including phenoxy) is 2. The maximum absolute atomic E-state index is 12.6. The maximum atomic E-state index is 12.6. The number of hydrogen-bond acceptors (Lipinski definition) is 6. The number of rotatable bonds is 6. The van der Waals surface area contributed by atoms with Gasteiger partial charge in [-0.1, -0.05) is 27.7 Å². The number of carbonyl (C=O) groups is 3. The number of pyridine rings is 1. The first kappa shape index (κ1) is 20.9. The van der Waals surface area contributed by atoms with E-state index in [0.717, 1.165) is 12.8 Å². The van der Waals surface area contributed by atoms with Crippen molar-refractivity contribution >= 4 is 17.8 Å². The van der Waals surface area contributed by atoms with Crippen LogP contribution in [0.1, 0.15) is 63.9 Å². The Morgan fingerprint density at radius 3 is 2.26 bits per heavy atom. The van der Waals surface area contributed by atoms with Crippen molar-refractivity contribution in [2.45, 2.75) is 65.5 Å². The molecule has 0 atom stereocenters. The lowest BCUT2D eigenvalue weighted by atomic mass is 9.92. The minimum Gasteiger partial charge on any atom is -0.462 e. The van der Waals surface area contributed by atoms with Crippen LogP contribution >= 0.6 is 0 Å². The standard InChI is InChI=1S/C20H28N2O5/c1-12(2)19(24)26-15-9-7-14(8-10-15)22-18(23)17-16(6-5-11-21-17)27-20(25)13(3)4/h5-6,11-15H,7-10H2,1-4H3,(H,22,23). The summed E-state index contributed by atoms with van der Waals surface area (Å²) in [4.78, 5) is 40.2. The molecular formula is C20H28N2O5. The lowest BCUT2D eigenvalue weighted by Crippen LogP contribution is -2.40. The van der Waals surface area contributed by atoms with Gasteiger partial charge in [0.15, 0.2) is 11.4 Å². The number of carbonyl (C=O) groups excluding carboxylic acids is 3. The zero-order valence-corrected chi connectivity index (χ0v) is 16.4. The number of esters is 2. The Labute approximate surface area is 159 Å². The van der Waals surface area contributed by atoms with E-state index in [2.05, 4.69) is 10.3 Å². The highest BCUT2D eigenvalue weighted by molar-refractivity contribution is 5.95. The van der Waals surface area contributed by atoms with Crippen LogP contribution in [0, 0.1) is 11.8 Å². The fourth-order valence-corrected chi connectivity index (χ4v) is 2.75. The van der Waals surface area contributed by atoms with Crippen molar-refractivity contribution in [1.82, 2.24) is 10.3 Å². The van der Waals surface area contributed by atoms with Gasteiger partial charge in [-0.2, -0.15) is 0 Å². The summed E-state index contributed by atoms with van der Waals surface area (Å²) in [7, 11) is 0. The van der Waals surface area contributed by atoms with Crippen LogP contribution in [0.3, 0.4) is 0 Å². The van der Waals surface area contributed by atoms with Gasteiger partial charge in [0.25, 0.3) is 5.91 Å². The highest BCUT2D eigenvalue weighted by Crippen LogP contribution is 2.23. The fourth-order valence-electron chi connectivity index (χ4n) is 2.75. The molecule has 1 aromatic rings. The van der Waals surface area contributed by atoms with Gasteiger partial charge in [0.1, 0.15) is 6.10 Å². The van der Waals surface area contributed by atoms with E-state index in [1.54, 1.807) is 26.0 Å². The monoisotopic (exact) mass is 376 g/mol. The molecule has 1 aliphatic carbocycles. The van der Waals surface area contributed by atoms with E-state index < -0.39 is 5.97 Å². The van der Waals surface area contributed by atoms with E-state index in [0.29, 0.717) is 12.8 Å². The van der Waals surface area contributed by atoms with Crippen LogP contribution in [-0.4, -0.2) is 35.0 Å². The molecule has 1 aliphatic rings. The van der Waals surface area contributed by atoms with Crippen molar-refractivity contribution in [1.29, 1.82) is 0 Å². The molecule has 0 radical (unpaired) electrons. The van der Waals surface area contributed by atoms with Crippen LogP contribution in [0.25, 0.3) is 0 Å². The summed E-state index contributed by atoms with van der Waals surface area (Å²) in [6, 6.07) is 3.15. The van der Waals surface area contributed by atoms with Gasteiger partial charge in [-0.05, 0) is 37.8 Å². The van der Waals surface area contributed by atoms with Gasteiger partial charge in [-0.3, -0.25) is 14.4 Å². The van der Waals surface area contributed by atoms with Crippen molar-refractivity contribution in [3.63, 3.8) is 0 Å². The lowest BCUT2D eigenvalue weighted by Gasteiger charge is -2.29. The van der Waals surface area contributed by atoms with Gasteiger partial charge < -0.3 is 14.8 Å². The van der Waals surface area contributed by atoms with E-state index in [-0.39, 0.29) is 47.3 Å². The average molecular weight is 376 g/mol. The molecule has 1 aromatic heterocycles. The van der Waals surface area contributed by atoms with Gasteiger partial charge in [-0.25, -0.2) is 4.98 Å². The summed E-state index contributed by atoms with van der Waals surface area (Å²) < 4.78 is 10.7. The molecular weight excluding hydrogens is 348 g/mol. The number of nitrogens with zero attached hydrogens (tertiary/aromatic N) is 1. The highest BCUT2D eigenvalue weighted by atomic mass is 16.5. The Kier molecular flexibility index (Phi) is 7.33. The molecule has 1 amide bonds. The van der Waals surface area contributed by atoms with Crippen LogP contribution < -0.4 is 10.1 Å². The Bertz CT molecular complexity index is 679. The molecule has 0 aliphatic heterocycles. The zero-order chi connectivity index (χ0) is 20.0. The van der Waals surface area contributed by atoms with Crippen LogP contribution in [0.5, 0.6) is 5.75 Å². The first-order valence-electron chi connectivity index (χ1n) is 9.46. The minimum atomic E-state index is -0.412. The van der Waals surface area contributed by atoms with Crippen molar-refractivity contribution in [2.75, 3.05) is 0 Å². The van der Waals surface area contributed by atoms with Crippen LogP contribution in [0.2, 0.25) is 0 Å². The predicted octanol–water partition coefficient (Wildman–Crippen LogP) is 2.88. The third kappa shape index (κ3) is 6.05. The quantitative estimate of drug-likeness (QED) is 0.767. The Morgan fingerprint density at radius 1 is 1.04 bits per heavy atom. The maximum Gasteiger partial charge on any atom is 0.313 e. The van der Waals surface area contributed by atoms with Gasteiger partial charge in [0.05, 0.1) is 11.8 Å². The smallest absolute Gasteiger partial charge is 0.313 e. The summed E-state index contributed by atoms with van der Waals surface area (Å²) in [5, 5.41) is 2.94. The van der Waals surface area contributed by atoms with E-state index in [4.69, 9.17) is 9.47 Å².